The van der Waals surface area contributed by atoms with E-state index in [1.807, 2.05) is 36.8 Å². The number of benzene rings is 5. The van der Waals surface area contributed by atoms with Crippen LogP contribution in [-0.2, 0) is 37.3 Å². The van der Waals surface area contributed by atoms with Crippen LogP contribution in [0.2, 0.25) is 0 Å². The molecule has 0 bridgehead atoms. The van der Waals surface area contributed by atoms with Crippen molar-refractivity contribution >= 4 is 44.6 Å². The van der Waals surface area contributed by atoms with Crippen molar-refractivity contribution in [2.45, 2.75) is 78.6 Å². The Labute approximate surface area is 369 Å². The third-order valence-corrected chi connectivity index (χ3v) is 11.2. The maximum atomic E-state index is 6.62. The summed E-state index contributed by atoms with van der Waals surface area (Å²) in [6.45, 7) is 22.6. The summed E-state index contributed by atoms with van der Waals surface area (Å²) in [5.41, 5.74) is 11.9. The van der Waals surface area contributed by atoms with Gasteiger partial charge in [-0.2, -0.15) is 12.1 Å². The maximum Gasteiger partial charge on any atom is 0.135 e. The Hall–Kier alpha value is -5.71. The normalized spacial score (nSPS) is 13.2. The Morgan fingerprint density at radius 3 is 2.00 bits per heavy atom. The van der Waals surface area contributed by atoms with E-state index in [0.717, 1.165) is 44.7 Å². The summed E-state index contributed by atoms with van der Waals surface area (Å²) < 4.78 is 8.81. The van der Waals surface area contributed by atoms with Crippen LogP contribution in [0.1, 0.15) is 79.0 Å². The quantitative estimate of drug-likeness (QED) is 0.155. The van der Waals surface area contributed by atoms with E-state index in [1.165, 1.54) is 33.5 Å². The Balaban J connectivity index is 0.00000499. The van der Waals surface area contributed by atoms with Gasteiger partial charge in [-0.05, 0) is 85.8 Å². The van der Waals surface area contributed by atoms with Crippen molar-refractivity contribution in [3.8, 4) is 28.4 Å². The van der Waals surface area contributed by atoms with E-state index in [-0.39, 0.29) is 37.3 Å². The minimum absolute atomic E-state index is 0. The third kappa shape index (κ3) is 7.51. The number of para-hydroxylation sites is 1. The van der Waals surface area contributed by atoms with Crippen molar-refractivity contribution in [1.82, 2.24) is 14.5 Å². The third-order valence-electron chi connectivity index (χ3n) is 11.2. The molecule has 0 aliphatic carbocycles. The number of hydrogen-bond acceptors (Lipinski definition) is 5. The van der Waals surface area contributed by atoms with Crippen LogP contribution >= 0.6 is 0 Å². The molecule has 0 N–H and O–H groups in total. The predicted octanol–water partition coefficient (Wildman–Crippen LogP) is 13.9. The largest absolute Gasteiger partial charge is 0.509 e. The fourth-order valence-corrected chi connectivity index (χ4v) is 8.15. The van der Waals surface area contributed by atoms with Crippen LogP contribution in [0.5, 0.6) is 11.5 Å². The van der Waals surface area contributed by atoms with Gasteiger partial charge in [0.05, 0.1) is 11.9 Å². The number of fused-ring (bicyclic) bond motifs is 4. The first-order valence-electron chi connectivity index (χ1n) is 20.4. The van der Waals surface area contributed by atoms with Gasteiger partial charge in [0, 0.05) is 61.8 Å². The van der Waals surface area contributed by atoms with Gasteiger partial charge in [-0.1, -0.05) is 116 Å². The second kappa shape index (κ2) is 15.4. The molecule has 4 heterocycles. The molecule has 0 saturated carbocycles. The molecule has 0 spiro atoms. The Kier molecular flexibility index (Phi) is 10.5. The summed E-state index contributed by atoms with van der Waals surface area (Å²) in [5, 5.41) is 2.23. The summed E-state index contributed by atoms with van der Waals surface area (Å²) in [7, 11) is 0. The second-order valence-electron chi connectivity index (χ2n) is 18.6. The van der Waals surface area contributed by atoms with Crippen molar-refractivity contribution in [1.29, 1.82) is 0 Å². The number of rotatable bonds is 6. The fraction of sp³-hybridized carbons (Fsp3) is 0.226. The first kappa shape index (κ1) is 41.0. The maximum absolute atomic E-state index is 6.62. The zero-order valence-corrected chi connectivity index (χ0v) is 38.0. The van der Waals surface area contributed by atoms with Gasteiger partial charge in [0.25, 0.3) is 0 Å². The first-order valence-corrected chi connectivity index (χ1v) is 20.4. The molecule has 1 aliphatic rings. The molecule has 60 heavy (non-hydrogen) atoms. The summed E-state index contributed by atoms with van der Waals surface area (Å²) in [6, 6.07) is 47.6. The van der Waals surface area contributed by atoms with Crippen LogP contribution < -0.4 is 14.5 Å². The molecular formula is C53H50N5OPt-3. The van der Waals surface area contributed by atoms with Crippen LogP contribution in [-0.4, -0.2) is 14.5 Å². The molecule has 0 saturated heterocycles. The van der Waals surface area contributed by atoms with Gasteiger partial charge in [-0.3, -0.25) is 4.98 Å². The van der Waals surface area contributed by atoms with E-state index in [0.29, 0.717) is 11.5 Å². The first-order chi connectivity index (χ1) is 28.1. The Morgan fingerprint density at radius 2 is 1.28 bits per heavy atom. The Morgan fingerprint density at radius 1 is 0.583 bits per heavy atom. The average Bonchev–Trinajstić information content (AvgIpc) is 3.76. The molecular weight excluding hydrogens is 918 g/mol. The van der Waals surface area contributed by atoms with Crippen LogP contribution in [0.15, 0.2) is 134 Å². The van der Waals surface area contributed by atoms with Crippen molar-refractivity contribution < 1.29 is 25.8 Å². The van der Waals surface area contributed by atoms with E-state index < -0.39 is 0 Å². The second-order valence-corrected chi connectivity index (χ2v) is 18.6. The molecule has 7 heteroatoms. The number of hydrogen-bond donors (Lipinski definition) is 0. The van der Waals surface area contributed by atoms with Gasteiger partial charge in [0.1, 0.15) is 5.82 Å². The Bertz CT molecular complexity index is 2820. The summed E-state index contributed by atoms with van der Waals surface area (Å²) in [4.78, 5) is 14.0. The van der Waals surface area contributed by atoms with Gasteiger partial charge in [0.15, 0.2) is 0 Å². The van der Waals surface area contributed by atoms with Gasteiger partial charge >= 0.3 is 0 Å². The minimum atomic E-state index is -0.154. The predicted molar refractivity (Wildman–Crippen MR) is 244 cm³/mol. The molecule has 1 aliphatic heterocycles. The minimum Gasteiger partial charge on any atom is -0.509 e. The zero-order valence-electron chi connectivity index (χ0n) is 35.7. The number of anilines is 4. The molecule has 0 fully saturated rings. The molecule has 0 unspecified atom stereocenters. The summed E-state index contributed by atoms with van der Waals surface area (Å²) in [5.74, 6) is 2.04. The van der Waals surface area contributed by atoms with E-state index in [2.05, 4.69) is 198 Å². The number of pyridine rings is 2. The molecule has 5 aromatic carbocycles. The molecule has 0 amide bonds. The molecule has 6 nitrogen and oxygen atoms in total. The number of ether oxygens (including phenoxy) is 1. The fourth-order valence-electron chi connectivity index (χ4n) is 8.15. The van der Waals surface area contributed by atoms with Crippen LogP contribution in [0.4, 0.5) is 22.7 Å². The molecule has 0 radical (unpaired) electrons. The van der Waals surface area contributed by atoms with Crippen molar-refractivity contribution in [3.05, 3.63) is 169 Å². The zero-order chi connectivity index (χ0) is 41.3. The van der Waals surface area contributed by atoms with Gasteiger partial charge in [-0.25, -0.2) is 4.98 Å². The monoisotopic (exact) mass is 967 g/mol. The average molecular weight is 968 g/mol. The standard InChI is InChI=1S/C53H50N5O.Pt/c1-51(2,3)37-24-27-55-49(30-37)58-45-21-14-13-20-41(45)42-23-22-40(32-47(42)58)59-39-19-15-18-38(31-39)56-34-57(48-33-54-26-25-46(48)56)50-43(52(4,5)6)28-36(29-44(50)53(7,8)9)35-16-11-10-12-17-35;/h10-30,33-34H,1-9H3;/q-3;. The topological polar surface area (TPSA) is 46.4 Å². The van der Waals surface area contributed by atoms with Crippen molar-refractivity contribution in [2.24, 2.45) is 0 Å². The SMILES string of the molecule is CC(C)(C)c1ccnc(-n2c3[c-]c(Oc4[c-]c(N5[CH-]N(c6c(C(C)(C)C)cc(-c7ccccc7)cc6C(C)(C)C)c6cnccc65)ccc4)ccc3c3ccccc32)c1.[Pt]. The van der Waals surface area contributed by atoms with Gasteiger partial charge in [-0.15, -0.1) is 48.1 Å². The van der Waals surface area contributed by atoms with E-state index in [1.54, 1.807) is 0 Å². The van der Waals surface area contributed by atoms with Crippen LogP contribution in [0.3, 0.4) is 0 Å². The van der Waals surface area contributed by atoms with E-state index >= 15 is 0 Å². The molecule has 3 aromatic heterocycles. The molecule has 306 valence electrons. The molecule has 9 rings (SSSR count). The number of aromatic nitrogens is 3. The van der Waals surface area contributed by atoms with Crippen LogP contribution in [0.25, 0.3) is 38.8 Å². The summed E-state index contributed by atoms with van der Waals surface area (Å²) in [6.07, 6.45) is 5.72. The number of nitrogens with zero attached hydrogens (tertiary/aromatic N) is 5. The molecule has 0 atom stereocenters. The van der Waals surface area contributed by atoms with Crippen LogP contribution in [0, 0.1) is 18.8 Å². The van der Waals surface area contributed by atoms with Crippen molar-refractivity contribution in [3.63, 3.8) is 0 Å². The smallest absolute Gasteiger partial charge is 0.135 e. The van der Waals surface area contributed by atoms with Gasteiger partial charge < -0.3 is 19.1 Å². The van der Waals surface area contributed by atoms with Gasteiger partial charge in [0.2, 0.25) is 0 Å². The van der Waals surface area contributed by atoms with Crippen molar-refractivity contribution in [2.75, 3.05) is 9.80 Å². The van der Waals surface area contributed by atoms with E-state index in [9.17, 15) is 0 Å². The molecule has 8 aromatic rings. The van der Waals surface area contributed by atoms with E-state index in [4.69, 9.17) is 9.72 Å². The summed E-state index contributed by atoms with van der Waals surface area (Å²) >= 11 is 0.